The van der Waals surface area contributed by atoms with Gasteiger partial charge in [-0.1, -0.05) is 0 Å². The van der Waals surface area contributed by atoms with Crippen molar-refractivity contribution in [1.29, 1.82) is 0 Å². The van der Waals surface area contributed by atoms with Crippen molar-refractivity contribution in [3.8, 4) is 17.0 Å². The molecule has 1 amide bonds. The van der Waals surface area contributed by atoms with Crippen LogP contribution in [0.2, 0.25) is 0 Å². The van der Waals surface area contributed by atoms with Gasteiger partial charge in [0.05, 0.1) is 40.6 Å². The SMILES string of the molecule is CCn1cc(N2C(=O)c3c(C)cc(-c4cncc(OCC(F)(F)F)c4)nc3C2(C)C)cn1. The van der Waals surface area contributed by atoms with Gasteiger partial charge >= 0.3 is 6.18 Å². The fourth-order valence-corrected chi connectivity index (χ4v) is 3.89. The summed E-state index contributed by atoms with van der Waals surface area (Å²) in [6.45, 7) is 6.84. The lowest BCUT2D eigenvalue weighted by Gasteiger charge is -2.30. The molecule has 0 aromatic carbocycles. The van der Waals surface area contributed by atoms with Crippen LogP contribution in [0.3, 0.4) is 0 Å². The van der Waals surface area contributed by atoms with Crippen molar-refractivity contribution in [2.75, 3.05) is 11.5 Å². The van der Waals surface area contributed by atoms with E-state index in [1.54, 1.807) is 21.8 Å². The summed E-state index contributed by atoms with van der Waals surface area (Å²) < 4.78 is 44.0. The van der Waals surface area contributed by atoms with Crippen LogP contribution >= 0.6 is 0 Å². The molecule has 4 heterocycles. The molecule has 32 heavy (non-hydrogen) atoms. The number of hydrogen-bond acceptors (Lipinski definition) is 5. The number of ether oxygens (including phenoxy) is 1. The summed E-state index contributed by atoms with van der Waals surface area (Å²) in [6.07, 6.45) is 1.74. The van der Waals surface area contributed by atoms with E-state index in [0.29, 0.717) is 34.7 Å². The molecule has 168 valence electrons. The molecule has 3 aromatic rings. The van der Waals surface area contributed by atoms with E-state index in [2.05, 4.69) is 10.1 Å². The van der Waals surface area contributed by atoms with Gasteiger partial charge in [-0.15, -0.1) is 0 Å². The van der Waals surface area contributed by atoms with Crippen molar-refractivity contribution in [3.63, 3.8) is 0 Å². The van der Waals surface area contributed by atoms with Crippen LogP contribution in [-0.4, -0.2) is 38.4 Å². The van der Waals surface area contributed by atoms with E-state index in [1.165, 1.54) is 18.5 Å². The lowest BCUT2D eigenvalue weighted by Crippen LogP contribution is -2.39. The monoisotopic (exact) mass is 445 g/mol. The third-order valence-corrected chi connectivity index (χ3v) is 5.39. The number of hydrogen-bond donors (Lipinski definition) is 0. The number of aromatic nitrogens is 4. The minimum Gasteiger partial charge on any atom is -0.482 e. The lowest BCUT2D eigenvalue weighted by molar-refractivity contribution is -0.153. The van der Waals surface area contributed by atoms with Crippen molar-refractivity contribution in [3.05, 3.63) is 53.7 Å². The second-order valence-electron chi connectivity index (χ2n) is 8.11. The van der Waals surface area contributed by atoms with Gasteiger partial charge in [0.15, 0.2) is 6.61 Å². The first-order valence-electron chi connectivity index (χ1n) is 10.1. The first kappa shape index (κ1) is 21.8. The van der Waals surface area contributed by atoms with E-state index < -0.39 is 18.3 Å². The van der Waals surface area contributed by atoms with Crippen LogP contribution in [-0.2, 0) is 12.1 Å². The number of halogens is 3. The maximum Gasteiger partial charge on any atom is 0.422 e. The number of pyridine rings is 2. The normalized spacial score (nSPS) is 15.2. The quantitative estimate of drug-likeness (QED) is 0.578. The molecule has 0 aliphatic carbocycles. The summed E-state index contributed by atoms with van der Waals surface area (Å²) in [4.78, 5) is 23.7. The Hall–Kier alpha value is -3.43. The predicted octanol–water partition coefficient (Wildman–Crippen LogP) is 4.51. The molecular weight excluding hydrogens is 423 g/mol. The largest absolute Gasteiger partial charge is 0.482 e. The number of amides is 1. The lowest BCUT2D eigenvalue weighted by atomic mass is 9.96. The van der Waals surface area contributed by atoms with Gasteiger partial charge in [0, 0.05) is 24.5 Å². The van der Waals surface area contributed by atoms with Crippen molar-refractivity contribution >= 4 is 11.6 Å². The molecular formula is C22H22F3N5O2. The minimum atomic E-state index is -4.45. The zero-order chi connectivity index (χ0) is 23.3. The fourth-order valence-electron chi connectivity index (χ4n) is 3.89. The average molecular weight is 445 g/mol. The Bertz CT molecular complexity index is 1190. The highest BCUT2D eigenvalue weighted by Crippen LogP contribution is 2.43. The number of anilines is 1. The van der Waals surface area contributed by atoms with Crippen LogP contribution in [0.1, 0.15) is 42.4 Å². The summed E-state index contributed by atoms with van der Waals surface area (Å²) in [6, 6.07) is 3.19. The van der Waals surface area contributed by atoms with E-state index in [1.807, 2.05) is 33.9 Å². The third kappa shape index (κ3) is 3.80. The van der Waals surface area contributed by atoms with Gasteiger partial charge in [-0.3, -0.25) is 19.4 Å². The molecule has 0 N–H and O–H groups in total. The van der Waals surface area contributed by atoms with Crippen LogP contribution in [0.15, 0.2) is 36.9 Å². The zero-order valence-electron chi connectivity index (χ0n) is 18.1. The Morgan fingerprint density at radius 1 is 1.16 bits per heavy atom. The third-order valence-electron chi connectivity index (χ3n) is 5.39. The number of alkyl halides is 3. The maximum absolute atomic E-state index is 13.3. The summed E-state index contributed by atoms with van der Waals surface area (Å²) in [5, 5.41) is 4.27. The topological polar surface area (TPSA) is 73.1 Å². The van der Waals surface area contributed by atoms with E-state index in [9.17, 15) is 18.0 Å². The second kappa shape index (κ2) is 7.61. The predicted molar refractivity (Wildman–Crippen MR) is 111 cm³/mol. The molecule has 3 aromatic heterocycles. The summed E-state index contributed by atoms with van der Waals surface area (Å²) in [5.74, 6) is -0.179. The first-order valence-corrected chi connectivity index (χ1v) is 10.1. The van der Waals surface area contributed by atoms with Crippen molar-refractivity contribution in [2.24, 2.45) is 0 Å². The number of carbonyl (C=O) groups is 1. The highest BCUT2D eigenvalue weighted by atomic mass is 19.4. The van der Waals surface area contributed by atoms with Crippen molar-refractivity contribution < 1.29 is 22.7 Å². The fraction of sp³-hybridized carbons (Fsp3) is 0.364. The van der Waals surface area contributed by atoms with Crippen molar-refractivity contribution in [2.45, 2.75) is 46.0 Å². The zero-order valence-corrected chi connectivity index (χ0v) is 18.1. The molecule has 0 unspecified atom stereocenters. The van der Waals surface area contributed by atoms with E-state index in [0.717, 1.165) is 5.56 Å². The van der Waals surface area contributed by atoms with E-state index in [4.69, 9.17) is 9.72 Å². The molecule has 4 rings (SSSR count). The molecule has 10 heteroatoms. The van der Waals surface area contributed by atoms with Crippen LogP contribution in [0.25, 0.3) is 11.3 Å². The standard InChI is InChI=1S/C22H22F3N5O2/c1-5-29-11-15(9-27-29)30-20(31)18-13(2)6-17(28-19(18)21(30,3)4)14-7-16(10-26-8-14)32-12-22(23,24)25/h6-11H,5,12H2,1-4H3. The molecule has 0 bridgehead atoms. The first-order chi connectivity index (χ1) is 15.0. The van der Waals surface area contributed by atoms with Gasteiger partial charge < -0.3 is 4.74 Å². The van der Waals surface area contributed by atoms with Crippen LogP contribution in [0.5, 0.6) is 5.75 Å². The molecule has 0 saturated heterocycles. The van der Waals surface area contributed by atoms with E-state index >= 15 is 0 Å². The second-order valence-corrected chi connectivity index (χ2v) is 8.11. The smallest absolute Gasteiger partial charge is 0.422 e. The number of fused-ring (bicyclic) bond motifs is 1. The molecule has 0 saturated carbocycles. The van der Waals surface area contributed by atoms with Gasteiger partial charge in [-0.2, -0.15) is 18.3 Å². The Kier molecular flexibility index (Phi) is 5.18. The highest BCUT2D eigenvalue weighted by molar-refractivity contribution is 6.12. The van der Waals surface area contributed by atoms with Crippen molar-refractivity contribution in [1.82, 2.24) is 19.7 Å². The molecule has 1 aliphatic heterocycles. The van der Waals surface area contributed by atoms with Gasteiger partial charge in [-0.25, -0.2) is 4.98 Å². The Labute approximate surface area is 182 Å². The number of rotatable bonds is 5. The Balaban J connectivity index is 1.73. The van der Waals surface area contributed by atoms with Gasteiger partial charge in [0.1, 0.15) is 5.75 Å². The summed E-state index contributed by atoms with van der Waals surface area (Å²) in [7, 11) is 0. The molecule has 7 nitrogen and oxygen atoms in total. The van der Waals surface area contributed by atoms with Gasteiger partial charge in [-0.05, 0) is 45.4 Å². The summed E-state index contributed by atoms with van der Waals surface area (Å²) >= 11 is 0. The van der Waals surface area contributed by atoms with Crippen LogP contribution in [0, 0.1) is 6.92 Å². The number of aryl methyl sites for hydroxylation is 2. The Morgan fingerprint density at radius 3 is 2.56 bits per heavy atom. The number of carbonyl (C=O) groups excluding carboxylic acids is 1. The summed E-state index contributed by atoms with van der Waals surface area (Å²) in [5.41, 5.74) is 2.73. The molecule has 1 aliphatic rings. The maximum atomic E-state index is 13.3. The van der Waals surface area contributed by atoms with Crippen LogP contribution < -0.4 is 9.64 Å². The van der Waals surface area contributed by atoms with Gasteiger partial charge in [0.2, 0.25) is 0 Å². The Morgan fingerprint density at radius 2 is 1.91 bits per heavy atom. The molecule has 0 atom stereocenters. The van der Waals surface area contributed by atoms with Gasteiger partial charge in [0.25, 0.3) is 5.91 Å². The molecule has 0 spiro atoms. The highest BCUT2D eigenvalue weighted by Gasteiger charge is 2.47. The minimum absolute atomic E-state index is 0.0104. The molecule has 0 fully saturated rings. The number of nitrogens with zero attached hydrogens (tertiary/aromatic N) is 5. The van der Waals surface area contributed by atoms with E-state index in [-0.39, 0.29) is 11.7 Å². The molecule has 0 radical (unpaired) electrons. The van der Waals surface area contributed by atoms with Crippen LogP contribution in [0.4, 0.5) is 18.9 Å². The average Bonchev–Trinajstić information content (AvgIpc) is 3.26.